The second-order valence-corrected chi connectivity index (χ2v) is 5.65. The molecule has 1 heteroatoms. The Balaban J connectivity index is 1.78. The highest BCUT2D eigenvalue weighted by Crippen LogP contribution is 2.19. The maximum atomic E-state index is 10.4. The van der Waals surface area contributed by atoms with Crippen molar-refractivity contribution >= 4 is 16.8 Å². The van der Waals surface area contributed by atoms with Gasteiger partial charge in [-0.3, -0.25) is 0 Å². The molecule has 0 saturated heterocycles. The van der Waals surface area contributed by atoms with Gasteiger partial charge < -0.3 is 5.11 Å². The van der Waals surface area contributed by atoms with Crippen LogP contribution in [-0.2, 0) is 5.60 Å². The normalized spacial score (nSPS) is 13.5. The average Bonchev–Trinajstić information content (AvgIpc) is 2.59. The second-order valence-electron chi connectivity index (χ2n) is 5.65. The summed E-state index contributed by atoms with van der Waals surface area (Å²) in [6, 6.07) is 24.0. The summed E-state index contributed by atoms with van der Waals surface area (Å²) in [6.45, 7) is 1.71. The molecule has 3 rings (SSSR count). The van der Waals surface area contributed by atoms with Crippen LogP contribution in [0.3, 0.4) is 0 Å². The van der Waals surface area contributed by atoms with E-state index < -0.39 is 5.60 Å². The molecule has 0 fully saturated rings. The minimum Gasteiger partial charge on any atom is -0.374 e. The van der Waals surface area contributed by atoms with Crippen LogP contribution in [0.4, 0.5) is 0 Å². The van der Waals surface area contributed by atoms with Crippen LogP contribution in [0.1, 0.15) is 18.1 Å². The molecule has 0 bridgehead atoms. The summed E-state index contributed by atoms with van der Waals surface area (Å²) in [7, 11) is 0. The van der Waals surface area contributed by atoms with Gasteiger partial charge in [0.25, 0.3) is 0 Å². The fraction of sp³-hybridized carbons (Fsp3) is 0.0909. The summed E-state index contributed by atoms with van der Waals surface area (Å²) >= 11 is 0. The van der Waals surface area contributed by atoms with Crippen LogP contribution >= 0.6 is 0 Å². The van der Waals surface area contributed by atoms with Crippen LogP contribution in [0, 0.1) is 11.8 Å². The van der Waals surface area contributed by atoms with Crippen molar-refractivity contribution in [2.75, 3.05) is 0 Å². The molecule has 112 valence electrons. The Morgan fingerprint density at radius 3 is 2.35 bits per heavy atom. The molecule has 0 saturated carbocycles. The number of aliphatic hydroxyl groups is 1. The van der Waals surface area contributed by atoms with Crippen molar-refractivity contribution in [3.05, 3.63) is 90.0 Å². The Kier molecular flexibility index (Phi) is 4.28. The highest BCUT2D eigenvalue weighted by Gasteiger charge is 2.18. The first-order valence-electron chi connectivity index (χ1n) is 7.61. The Labute approximate surface area is 136 Å². The van der Waals surface area contributed by atoms with Crippen LogP contribution < -0.4 is 0 Å². The predicted octanol–water partition coefficient (Wildman–Crippen LogP) is 4.76. The molecule has 0 aliphatic rings. The summed E-state index contributed by atoms with van der Waals surface area (Å²) in [5.74, 6) is 5.84. The van der Waals surface area contributed by atoms with Gasteiger partial charge in [0.1, 0.15) is 5.60 Å². The molecule has 23 heavy (non-hydrogen) atoms. The van der Waals surface area contributed by atoms with E-state index in [1.807, 2.05) is 48.5 Å². The average molecular weight is 298 g/mol. The van der Waals surface area contributed by atoms with Crippen molar-refractivity contribution in [3.8, 4) is 11.8 Å². The lowest BCUT2D eigenvalue weighted by Crippen LogP contribution is -2.17. The fourth-order valence-corrected chi connectivity index (χ4v) is 2.47. The first kappa shape index (κ1) is 15.1. The molecule has 0 heterocycles. The third-order valence-electron chi connectivity index (χ3n) is 3.78. The quantitative estimate of drug-likeness (QED) is 0.676. The minimum atomic E-state index is -1.14. The fourth-order valence-electron chi connectivity index (χ4n) is 2.47. The van der Waals surface area contributed by atoms with Crippen LogP contribution in [0.25, 0.3) is 16.8 Å². The van der Waals surface area contributed by atoms with Gasteiger partial charge in [0.05, 0.1) is 0 Å². The lowest BCUT2D eigenvalue weighted by Gasteiger charge is -2.16. The van der Waals surface area contributed by atoms with Gasteiger partial charge in [0.15, 0.2) is 0 Å². The lowest BCUT2D eigenvalue weighted by atomic mass is 9.97. The van der Waals surface area contributed by atoms with Gasteiger partial charge in [-0.25, -0.2) is 0 Å². The summed E-state index contributed by atoms with van der Waals surface area (Å²) in [5.41, 5.74) is 0.749. The van der Waals surface area contributed by atoms with E-state index in [1.54, 1.807) is 13.0 Å². The minimum absolute atomic E-state index is 0.798. The van der Waals surface area contributed by atoms with Crippen molar-refractivity contribution in [2.45, 2.75) is 12.5 Å². The lowest BCUT2D eigenvalue weighted by molar-refractivity contribution is 0.122. The van der Waals surface area contributed by atoms with Crippen LogP contribution in [0.2, 0.25) is 0 Å². The smallest absolute Gasteiger partial charge is 0.148 e. The molecule has 0 aliphatic heterocycles. The number of fused-ring (bicyclic) bond motifs is 1. The molecule has 0 unspecified atom stereocenters. The molecule has 0 amide bonds. The van der Waals surface area contributed by atoms with Gasteiger partial charge >= 0.3 is 0 Å². The summed E-state index contributed by atoms with van der Waals surface area (Å²) in [5, 5.41) is 12.8. The van der Waals surface area contributed by atoms with E-state index in [4.69, 9.17) is 0 Å². The summed E-state index contributed by atoms with van der Waals surface area (Å²) in [6.07, 6.45) is 3.74. The SMILES string of the molecule is C[C@](O)(C#C/C=C\c1ccc2ccccc2c1)c1ccccc1. The van der Waals surface area contributed by atoms with E-state index in [9.17, 15) is 5.11 Å². The molecule has 0 radical (unpaired) electrons. The molecular formula is C22H18O. The molecule has 3 aromatic carbocycles. The number of allylic oxidation sites excluding steroid dienone is 1. The van der Waals surface area contributed by atoms with Gasteiger partial charge in [-0.2, -0.15) is 0 Å². The molecule has 3 aromatic rings. The maximum absolute atomic E-state index is 10.4. The van der Waals surface area contributed by atoms with Gasteiger partial charge in [0, 0.05) is 0 Å². The van der Waals surface area contributed by atoms with Crippen LogP contribution in [0.15, 0.2) is 78.9 Å². The third kappa shape index (κ3) is 3.69. The second kappa shape index (κ2) is 6.52. The van der Waals surface area contributed by atoms with E-state index >= 15 is 0 Å². The number of benzene rings is 3. The summed E-state index contributed by atoms with van der Waals surface area (Å²) in [4.78, 5) is 0. The van der Waals surface area contributed by atoms with Crippen molar-refractivity contribution in [1.82, 2.24) is 0 Å². The van der Waals surface area contributed by atoms with Crippen LogP contribution in [0.5, 0.6) is 0 Å². The number of hydrogen-bond acceptors (Lipinski definition) is 1. The first-order valence-corrected chi connectivity index (χ1v) is 7.61. The Hall–Kier alpha value is -2.82. The molecule has 0 aromatic heterocycles. The summed E-state index contributed by atoms with van der Waals surface area (Å²) < 4.78 is 0. The number of hydrogen-bond donors (Lipinski definition) is 1. The molecule has 0 spiro atoms. The van der Waals surface area contributed by atoms with Crippen LogP contribution in [-0.4, -0.2) is 5.11 Å². The van der Waals surface area contributed by atoms with E-state index in [0.717, 1.165) is 11.1 Å². The van der Waals surface area contributed by atoms with E-state index in [1.165, 1.54) is 10.8 Å². The van der Waals surface area contributed by atoms with Gasteiger partial charge in [0.2, 0.25) is 0 Å². The number of rotatable bonds is 2. The Bertz CT molecular complexity index is 893. The van der Waals surface area contributed by atoms with E-state index in [0.29, 0.717) is 0 Å². The third-order valence-corrected chi connectivity index (χ3v) is 3.78. The predicted molar refractivity (Wildman–Crippen MR) is 96.8 cm³/mol. The molecular weight excluding hydrogens is 280 g/mol. The van der Waals surface area contributed by atoms with Crippen molar-refractivity contribution in [2.24, 2.45) is 0 Å². The van der Waals surface area contributed by atoms with E-state index in [-0.39, 0.29) is 0 Å². The monoisotopic (exact) mass is 298 g/mol. The standard InChI is InChI=1S/C22H18O/c1-22(23,21-12-3-2-4-13-21)16-8-7-9-18-14-15-19-10-5-6-11-20(19)17-18/h2-7,9-15,17,23H,1H3/b9-7-/t22-/m0/s1. The molecule has 0 aliphatic carbocycles. The van der Waals surface area contributed by atoms with E-state index in [2.05, 4.69) is 42.2 Å². The van der Waals surface area contributed by atoms with Crippen molar-refractivity contribution in [3.63, 3.8) is 0 Å². The Morgan fingerprint density at radius 1 is 0.870 bits per heavy atom. The van der Waals surface area contributed by atoms with Gasteiger partial charge in [-0.1, -0.05) is 78.6 Å². The zero-order chi connectivity index (χ0) is 16.1. The molecule has 1 atom stereocenters. The van der Waals surface area contributed by atoms with Crippen molar-refractivity contribution in [1.29, 1.82) is 0 Å². The molecule has 1 nitrogen and oxygen atoms in total. The van der Waals surface area contributed by atoms with Gasteiger partial charge in [-0.15, -0.1) is 0 Å². The Morgan fingerprint density at radius 2 is 1.57 bits per heavy atom. The highest BCUT2D eigenvalue weighted by molar-refractivity contribution is 5.84. The maximum Gasteiger partial charge on any atom is 0.148 e. The zero-order valence-electron chi connectivity index (χ0n) is 13.0. The molecule has 1 N–H and O–H groups in total. The largest absolute Gasteiger partial charge is 0.374 e. The van der Waals surface area contributed by atoms with Crippen molar-refractivity contribution < 1.29 is 5.11 Å². The topological polar surface area (TPSA) is 20.2 Å². The highest BCUT2D eigenvalue weighted by atomic mass is 16.3. The zero-order valence-corrected chi connectivity index (χ0v) is 13.0. The first-order chi connectivity index (χ1) is 11.1. The van der Waals surface area contributed by atoms with Gasteiger partial charge in [-0.05, 0) is 47.0 Å².